The summed E-state index contributed by atoms with van der Waals surface area (Å²) in [4.78, 5) is 0. The summed E-state index contributed by atoms with van der Waals surface area (Å²) in [6.45, 7) is 0.559. The molecule has 2 rings (SSSR count). The fraction of sp³-hybridized carbons (Fsp3) is 0.375. The van der Waals surface area contributed by atoms with Gasteiger partial charge in [0.25, 0.3) is 0 Å². The lowest BCUT2D eigenvalue weighted by molar-refractivity contribution is 0.268. The second-order valence-corrected chi connectivity index (χ2v) is 5.82. The lowest BCUT2D eigenvalue weighted by Crippen LogP contribution is -2.31. The zero-order chi connectivity index (χ0) is 15.9. The molecule has 1 unspecified atom stereocenters. The van der Waals surface area contributed by atoms with Crippen molar-refractivity contribution < 1.29 is 18.3 Å². The molecular weight excluding hydrogens is 308 g/mol. The molecule has 2 N–H and O–H groups in total. The van der Waals surface area contributed by atoms with E-state index in [0.29, 0.717) is 18.7 Å². The number of rotatable bonds is 8. The molecule has 0 aliphatic heterocycles. The van der Waals surface area contributed by atoms with Gasteiger partial charge in [0.05, 0.1) is 12.1 Å². The molecule has 0 spiro atoms. The van der Waals surface area contributed by atoms with Crippen LogP contribution in [0.5, 0.6) is 0 Å². The zero-order valence-corrected chi connectivity index (χ0v) is 13.1. The van der Waals surface area contributed by atoms with Gasteiger partial charge in [-0.25, -0.2) is 8.78 Å². The summed E-state index contributed by atoms with van der Waals surface area (Å²) >= 11 is 1.69. The van der Waals surface area contributed by atoms with E-state index in [9.17, 15) is 8.78 Å². The molecule has 1 aromatic heterocycles. The van der Waals surface area contributed by atoms with Crippen LogP contribution in [0.25, 0.3) is 11.3 Å². The minimum atomic E-state index is -0.644. The Hall–Kier alpha value is -1.37. The first kappa shape index (κ1) is 17.0. The number of halogens is 2. The van der Waals surface area contributed by atoms with Gasteiger partial charge in [-0.15, -0.1) is 0 Å². The first-order valence-corrected chi connectivity index (χ1v) is 8.41. The zero-order valence-electron chi connectivity index (χ0n) is 12.3. The predicted octanol–water partition coefficient (Wildman–Crippen LogP) is 3.43. The van der Waals surface area contributed by atoms with Crippen LogP contribution in [0, 0.1) is 11.6 Å². The number of hydrogen-bond donors (Lipinski definition) is 2. The van der Waals surface area contributed by atoms with Crippen LogP contribution in [-0.4, -0.2) is 29.8 Å². The van der Waals surface area contributed by atoms with E-state index in [1.54, 1.807) is 23.9 Å². The average molecular weight is 327 g/mol. The maximum atomic E-state index is 13.7. The minimum Gasteiger partial charge on any atom is -0.460 e. The van der Waals surface area contributed by atoms with Crippen molar-refractivity contribution in [3.63, 3.8) is 0 Å². The maximum Gasteiger partial charge on any atom is 0.140 e. The van der Waals surface area contributed by atoms with Crippen LogP contribution in [0.4, 0.5) is 8.78 Å². The van der Waals surface area contributed by atoms with Gasteiger partial charge in [-0.1, -0.05) is 6.07 Å². The molecule has 1 atom stereocenters. The summed E-state index contributed by atoms with van der Waals surface area (Å²) in [7, 11) is 0. The Morgan fingerprint density at radius 1 is 1.23 bits per heavy atom. The van der Waals surface area contributed by atoms with Crippen LogP contribution < -0.4 is 5.32 Å². The summed E-state index contributed by atoms with van der Waals surface area (Å²) in [5.41, 5.74) is -0.148. The van der Waals surface area contributed by atoms with Crippen LogP contribution in [0.3, 0.4) is 0 Å². The highest BCUT2D eigenvalue weighted by Gasteiger charge is 2.15. The summed E-state index contributed by atoms with van der Waals surface area (Å²) in [6, 6.07) is 7.15. The van der Waals surface area contributed by atoms with Crippen LogP contribution in [0.2, 0.25) is 0 Å². The molecule has 0 amide bonds. The molecule has 1 aromatic carbocycles. The van der Waals surface area contributed by atoms with Crippen LogP contribution in [0.1, 0.15) is 12.2 Å². The Balaban J connectivity index is 2.05. The fourth-order valence-corrected chi connectivity index (χ4v) is 2.87. The molecule has 22 heavy (non-hydrogen) atoms. The highest BCUT2D eigenvalue weighted by Crippen LogP contribution is 2.27. The molecule has 0 saturated carbocycles. The Bertz CT molecular complexity index is 577. The molecule has 0 bridgehead atoms. The Morgan fingerprint density at radius 2 is 1.95 bits per heavy atom. The van der Waals surface area contributed by atoms with Crippen molar-refractivity contribution >= 4 is 11.8 Å². The maximum absolute atomic E-state index is 13.7. The largest absolute Gasteiger partial charge is 0.460 e. The van der Waals surface area contributed by atoms with Crippen molar-refractivity contribution in [1.29, 1.82) is 0 Å². The van der Waals surface area contributed by atoms with Gasteiger partial charge in [0.1, 0.15) is 23.2 Å². The minimum absolute atomic E-state index is 0.113. The summed E-state index contributed by atoms with van der Waals surface area (Å²) < 4.78 is 33.0. The summed E-state index contributed by atoms with van der Waals surface area (Å²) in [5.74, 6) is 0.359. The van der Waals surface area contributed by atoms with Crippen molar-refractivity contribution in [1.82, 2.24) is 5.32 Å². The van der Waals surface area contributed by atoms with E-state index in [2.05, 4.69) is 5.32 Å². The van der Waals surface area contributed by atoms with Gasteiger partial charge < -0.3 is 14.8 Å². The first-order valence-electron chi connectivity index (χ1n) is 7.02. The Morgan fingerprint density at radius 3 is 2.59 bits per heavy atom. The van der Waals surface area contributed by atoms with Gasteiger partial charge in [-0.05, 0) is 36.9 Å². The summed E-state index contributed by atoms with van der Waals surface area (Å²) in [6.07, 6.45) is 2.65. The van der Waals surface area contributed by atoms with E-state index in [-0.39, 0.29) is 24.0 Å². The molecule has 0 aliphatic carbocycles. The average Bonchev–Trinajstić information content (AvgIpc) is 2.94. The highest BCUT2D eigenvalue weighted by molar-refractivity contribution is 7.98. The number of benzene rings is 1. The summed E-state index contributed by atoms with van der Waals surface area (Å²) in [5, 5.41) is 12.3. The Labute approximate surface area is 132 Å². The molecule has 120 valence electrons. The topological polar surface area (TPSA) is 45.4 Å². The standard InChI is InChI=1S/C16H19F2NO2S/c1-22-10-11(7-8-20)19-9-12-5-6-15(21-12)16-13(17)3-2-4-14(16)18/h2-6,11,19-20H,7-10H2,1H3. The van der Waals surface area contributed by atoms with Gasteiger partial charge in [-0.2, -0.15) is 11.8 Å². The van der Waals surface area contributed by atoms with Crippen molar-refractivity contribution in [2.24, 2.45) is 0 Å². The molecular formula is C16H19F2NO2S. The molecule has 0 radical (unpaired) electrons. The lowest BCUT2D eigenvalue weighted by Gasteiger charge is -2.15. The van der Waals surface area contributed by atoms with Gasteiger partial charge in [0, 0.05) is 18.4 Å². The van der Waals surface area contributed by atoms with E-state index in [0.717, 1.165) is 5.75 Å². The number of nitrogens with one attached hydrogen (secondary N) is 1. The molecule has 0 aliphatic rings. The Kier molecular flexibility index (Phi) is 6.42. The number of thioether (sulfide) groups is 1. The fourth-order valence-electron chi connectivity index (χ4n) is 2.19. The monoisotopic (exact) mass is 327 g/mol. The van der Waals surface area contributed by atoms with Gasteiger partial charge in [0.2, 0.25) is 0 Å². The number of hydrogen-bond acceptors (Lipinski definition) is 4. The lowest BCUT2D eigenvalue weighted by atomic mass is 10.1. The SMILES string of the molecule is CSCC(CCO)NCc1ccc(-c2c(F)cccc2F)o1. The first-order chi connectivity index (χ1) is 10.7. The van der Waals surface area contributed by atoms with Gasteiger partial charge in [0.15, 0.2) is 0 Å². The number of furan rings is 1. The highest BCUT2D eigenvalue weighted by atomic mass is 32.2. The van der Waals surface area contributed by atoms with Crippen molar-refractivity contribution in [3.8, 4) is 11.3 Å². The smallest absolute Gasteiger partial charge is 0.140 e. The molecule has 1 heterocycles. The van der Waals surface area contributed by atoms with Crippen LogP contribution in [-0.2, 0) is 6.54 Å². The quantitative estimate of drug-likeness (QED) is 0.780. The second-order valence-electron chi connectivity index (χ2n) is 4.91. The van der Waals surface area contributed by atoms with Gasteiger partial charge >= 0.3 is 0 Å². The molecule has 0 fully saturated rings. The third-order valence-corrected chi connectivity index (χ3v) is 4.02. The van der Waals surface area contributed by atoms with Gasteiger partial charge in [-0.3, -0.25) is 0 Å². The van der Waals surface area contributed by atoms with Crippen molar-refractivity contribution in [3.05, 3.63) is 47.7 Å². The normalized spacial score (nSPS) is 12.5. The third-order valence-electron chi connectivity index (χ3n) is 3.28. The van der Waals surface area contributed by atoms with E-state index < -0.39 is 11.6 Å². The van der Waals surface area contributed by atoms with Crippen LogP contribution >= 0.6 is 11.8 Å². The molecule has 2 aromatic rings. The van der Waals surface area contributed by atoms with E-state index in [4.69, 9.17) is 9.52 Å². The van der Waals surface area contributed by atoms with Crippen molar-refractivity contribution in [2.45, 2.75) is 19.0 Å². The van der Waals surface area contributed by atoms with E-state index in [1.807, 2.05) is 6.26 Å². The molecule has 3 nitrogen and oxygen atoms in total. The number of aliphatic hydroxyl groups excluding tert-OH is 1. The van der Waals surface area contributed by atoms with Crippen molar-refractivity contribution in [2.75, 3.05) is 18.6 Å². The number of aliphatic hydroxyl groups is 1. The third kappa shape index (κ3) is 4.32. The van der Waals surface area contributed by atoms with E-state index >= 15 is 0 Å². The molecule has 0 saturated heterocycles. The van der Waals surface area contributed by atoms with E-state index in [1.165, 1.54) is 18.2 Å². The predicted molar refractivity (Wildman–Crippen MR) is 84.8 cm³/mol. The van der Waals surface area contributed by atoms with Crippen LogP contribution in [0.15, 0.2) is 34.7 Å². The molecule has 6 heteroatoms. The second kappa shape index (κ2) is 8.31.